The van der Waals surface area contributed by atoms with E-state index in [4.69, 9.17) is 5.73 Å². The summed E-state index contributed by atoms with van der Waals surface area (Å²) in [6.07, 6.45) is 1.62. The Labute approximate surface area is 180 Å². The van der Waals surface area contributed by atoms with Gasteiger partial charge in [0.25, 0.3) is 5.91 Å². The molecule has 1 amide bonds. The molecule has 1 unspecified atom stereocenters. The van der Waals surface area contributed by atoms with E-state index < -0.39 is 15.1 Å². The lowest BCUT2D eigenvalue weighted by Crippen LogP contribution is -2.30. The number of amides is 1. The minimum Gasteiger partial charge on any atom is -0.399 e. The van der Waals surface area contributed by atoms with Gasteiger partial charge in [-0.3, -0.25) is 4.79 Å². The van der Waals surface area contributed by atoms with Crippen molar-refractivity contribution in [3.05, 3.63) is 66.0 Å². The van der Waals surface area contributed by atoms with E-state index in [1.807, 2.05) is 0 Å². The first-order valence-corrected chi connectivity index (χ1v) is 11.4. The molecule has 160 valence electrons. The Balaban J connectivity index is 1.58. The summed E-state index contributed by atoms with van der Waals surface area (Å²) in [5, 5.41) is 5.61. The third kappa shape index (κ3) is 4.09. The Hall–Kier alpha value is -3.46. The number of nitrogen functional groups attached to an aromatic ring is 1. The second-order valence-corrected chi connectivity index (χ2v) is 10.1. The van der Waals surface area contributed by atoms with Crippen LogP contribution in [-0.4, -0.2) is 36.1 Å². The van der Waals surface area contributed by atoms with Crippen LogP contribution in [0.15, 0.2) is 59.6 Å². The van der Waals surface area contributed by atoms with Gasteiger partial charge in [0.15, 0.2) is 9.84 Å². The predicted octanol–water partition coefficient (Wildman–Crippen LogP) is 2.80. The standard InChI is InChI=1S/C22H23N5O3S/c1-13(2)31(29,30)17-8-6-14(7-9-17)18-11-24-21-20(26-18)19(12-25-21)27-22(28)15-4-3-5-16(23)10-15/h3-11,13,19H,12,23H2,1-2H3,(H,24,25)(H,27,28). The van der Waals surface area contributed by atoms with Crippen LogP contribution in [0.1, 0.15) is 35.9 Å². The molecular weight excluding hydrogens is 414 g/mol. The highest BCUT2D eigenvalue weighted by molar-refractivity contribution is 7.92. The molecule has 1 atom stereocenters. The molecule has 9 heteroatoms. The van der Waals surface area contributed by atoms with Gasteiger partial charge in [-0.1, -0.05) is 18.2 Å². The van der Waals surface area contributed by atoms with E-state index in [9.17, 15) is 13.2 Å². The Kier molecular flexibility index (Phi) is 5.36. The highest BCUT2D eigenvalue weighted by Gasteiger charge is 2.27. The van der Waals surface area contributed by atoms with E-state index in [1.54, 1.807) is 68.6 Å². The van der Waals surface area contributed by atoms with Crippen LogP contribution in [0.2, 0.25) is 0 Å². The smallest absolute Gasteiger partial charge is 0.251 e. The van der Waals surface area contributed by atoms with Crippen LogP contribution in [0.4, 0.5) is 11.5 Å². The molecule has 0 saturated carbocycles. The number of fused-ring (bicyclic) bond motifs is 1. The van der Waals surface area contributed by atoms with Gasteiger partial charge >= 0.3 is 0 Å². The van der Waals surface area contributed by atoms with Gasteiger partial charge in [0.1, 0.15) is 11.5 Å². The van der Waals surface area contributed by atoms with Gasteiger partial charge in [0.2, 0.25) is 0 Å². The van der Waals surface area contributed by atoms with Crippen LogP contribution in [0.25, 0.3) is 11.3 Å². The van der Waals surface area contributed by atoms with Crippen LogP contribution in [0.5, 0.6) is 0 Å². The van der Waals surface area contributed by atoms with Crippen molar-refractivity contribution >= 4 is 27.2 Å². The summed E-state index contributed by atoms with van der Waals surface area (Å²) >= 11 is 0. The van der Waals surface area contributed by atoms with Gasteiger partial charge < -0.3 is 16.4 Å². The summed E-state index contributed by atoms with van der Waals surface area (Å²) in [7, 11) is -3.34. The number of carbonyl (C=O) groups is 1. The summed E-state index contributed by atoms with van der Waals surface area (Å²) in [5.41, 5.74) is 8.73. The van der Waals surface area contributed by atoms with E-state index in [1.165, 1.54) is 0 Å². The maximum Gasteiger partial charge on any atom is 0.251 e. The monoisotopic (exact) mass is 437 g/mol. The molecule has 0 fully saturated rings. The SMILES string of the molecule is CC(C)S(=O)(=O)c1ccc(-c2cnc3c(n2)C(NC(=O)c2cccc(N)c2)CN3)cc1. The van der Waals surface area contributed by atoms with Crippen LogP contribution in [-0.2, 0) is 9.84 Å². The van der Waals surface area contributed by atoms with Gasteiger partial charge in [0.05, 0.1) is 28.1 Å². The van der Waals surface area contributed by atoms with Crippen LogP contribution in [0, 0.1) is 0 Å². The van der Waals surface area contributed by atoms with E-state index >= 15 is 0 Å². The number of aromatic nitrogens is 2. The molecule has 0 aliphatic carbocycles. The Morgan fingerprint density at radius 2 is 1.94 bits per heavy atom. The fourth-order valence-corrected chi connectivity index (χ4v) is 4.41. The quantitative estimate of drug-likeness (QED) is 0.524. The van der Waals surface area contributed by atoms with Crippen molar-refractivity contribution in [2.75, 3.05) is 17.6 Å². The minimum atomic E-state index is -3.34. The van der Waals surface area contributed by atoms with Crippen LogP contribution < -0.4 is 16.4 Å². The number of nitrogens with zero attached hydrogens (tertiary/aromatic N) is 2. The first-order valence-electron chi connectivity index (χ1n) is 9.87. The number of sulfone groups is 1. The lowest BCUT2D eigenvalue weighted by molar-refractivity contribution is 0.0939. The maximum absolute atomic E-state index is 12.6. The lowest BCUT2D eigenvalue weighted by atomic mass is 10.1. The molecule has 8 nitrogen and oxygen atoms in total. The van der Waals surface area contributed by atoms with E-state index in [2.05, 4.69) is 20.6 Å². The van der Waals surface area contributed by atoms with Gasteiger partial charge in [-0.2, -0.15) is 0 Å². The molecule has 0 bridgehead atoms. The highest BCUT2D eigenvalue weighted by Crippen LogP contribution is 2.29. The van der Waals surface area contributed by atoms with Crippen molar-refractivity contribution in [2.45, 2.75) is 30.0 Å². The molecule has 0 saturated heterocycles. The molecule has 1 aromatic heterocycles. The Bertz CT molecular complexity index is 1240. The highest BCUT2D eigenvalue weighted by atomic mass is 32.2. The van der Waals surface area contributed by atoms with E-state index in [-0.39, 0.29) is 16.8 Å². The van der Waals surface area contributed by atoms with Crippen molar-refractivity contribution in [3.8, 4) is 11.3 Å². The van der Waals surface area contributed by atoms with E-state index in [0.29, 0.717) is 35.0 Å². The van der Waals surface area contributed by atoms with Crippen LogP contribution in [0.3, 0.4) is 0 Å². The third-order valence-corrected chi connectivity index (χ3v) is 7.33. The van der Waals surface area contributed by atoms with Crippen molar-refractivity contribution < 1.29 is 13.2 Å². The zero-order valence-corrected chi connectivity index (χ0v) is 18.0. The summed E-state index contributed by atoms with van der Waals surface area (Å²) in [5.74, 6) is 0.364. The van der Waals surface area contributed by atoms with Gasteiger partial charge in [-0.05, 0) is 44.2 Å². The molecule has 4 N–H and O–H groups in total. The zero-order valence-electron chi connectivity index (χ0n) is 17.2. The molecule has 0 spiro atoms. The molecule has 2 aromatic carbocycles. The number of rotatable bonds is 5. The molecule has 1 aliphatic heterocycles. The van der Waals surface area contributed by atoms with Crippen molar-refractivity contribution in [1.29, 1.82) is 0 Å². The third-order valence-electron chi connectivity index (χ3n) is 5.16. The summed E-state index contributed by atoms with van der Waals surface area (Å²) in [4.78, 5) is 22.0. The molecule has 0 radical (unpaired) electrons. The zero-order chi connectivity index (χ0) is 22.2. The normalized spacial score (nSPS) is 15.4. The summed E-state index contributed by atoms with van der Waals surface area (Å²) in [6.45, 7) is 3.78. The molecule has 2 heterocycles. The number of carbonyl (C=O) groups excluding carboxylic acids is 1. The number of hydrogen-bond acceptors (Lipinski definition) is 7. The first-order chi connectivity index (χ1) is 14.8. The van der Waals surface area contributed by atoms with E-state index in [0.717, 1.165) is 5.56 Å². The fourth-order valence-electron chi connectivity index (χ4n) is 3.35. The molecule has 4 rings (SSSR count). The van der Waals surface area contributed by atoms with Gasteiger partial charge in [-0.15, -0.1) is 0 Å². The van der Waals surface area contributed by atoms with Crippen molar-refractivity contribution in [3.63, 3.8) is 0 Å². The van der Waals surface area contributed by atoms with Gasteiger partial charge in [-0.25, -0.2) is 18.4 Å². The predicted molar refractivity (Wildman–Crippen MR) is 119 cm³/mol. The fraction of sp³-hybridized carbons (Fsp3) is 0.227. The second kappa shape index (κ2) is 7.99. The van der Waals surface area contributed by atoms with Crippen molar-refractivity contribution in [1.82, 2.24) is 15.3 Å². The second-order valence-electron chi connectivity index (χ2n) is 7.64. The number of nitrogens with two attached hydrogens (primary N) is 1. The molecule has 1 aliphatic rings. The number of anilines is 2. The van der Waals surface area contributed by atoms with Gasteiger partial charge in [0, 0.05) is 23.4 Å². The molecule has 31 heavy (non-hydrogen) atoms. The first kappa shape index (κ1) is 20.8. The number of hydrogen-bond donors (Lipinski definition) is 3. The van der Waals surface area contributed by atoms with Crippen molar-refractivity contribution in [2.24, 2.45) is 0 Å². The minimum absolute atomic E-state index is 0.248. The average molecular weight is 438 g/mol. The summed E-state index contributed by atoms with van der Waals surface area (Å²) < 4.78 is 24.7. The largest absolute Gasteiger partial charge is 0.399 e. The Morgan fingerprint density at radius 3 is 2.61 bits per heavy atom. The average Bonchev–Trinajstić information content (AvgIpc) is 3.15. The maximum atomic E-state index is 12.6. The summed E-state index contributed by atoms with van der Waals surface area (Å²) in [6, 6.07) is 13.0. The lowest BCUT2D eigenvalue weighted by Gasteiger charge is -2.13. The Morgan fingerprint density at radius 1 is 1.19 bits per heavy atom. The molecule has 3 aromatic rings. The topological polar surface area (TPSA) is 127 Å². The molecular formula is C22H23N5O3S. The van der Waals surface area contributed by atoms with Crippen LogP contribution >= 0.6 is 0 Å². The number of benzene rings is 2. The number of nitrogens with one attached hydrogen (secondary N) is 2.